The number of nitrogens with one attached hydrogen (secondary N) is 1. The van der Waals surface area contributed by atoms with Crippen molar-refractivity contribution in [2.24, 2.45) is 0 Å². The zero-order valence-corrected chi connectivity index (χ0v) is 19.7. The number of benzene rings is 3. The molecule has 3 rings (SSSR count). The second kappa shape index (κ2) is 10.2. The van der Waals surface area contributed by atoms with Crippen LogP contribution in [0.15, 0.2) is 71.6 Å². The van der Waals surface area contributed by atoms with Gasteiger partial charge in [-0.3, -0.25) is 4.79 Å². The fraction of sp³-hybridized carbons (Fsp3) is 0.0952. The summed E-state index contributed by atoms with van der Waals surface area (Å²) in [6.07, 6.45) is 0. The fourth-order valence-electron chi connectivity index (χ4n) is 2.72. The highest BCUT2D eigenvalue weighted by Crippen LogP contribution is 2.25. The molecule has 0 bridgehead atoms. The molecule has 0 fully saturated rings. The summed E-state index contributed by atoms with van der Waals surface area (Å²) in [5.74, 6) is -0.514. The lowest BCUT2D eigenvalue weighted by Gasteiger charge is -2.22. The van der Waals surface area contributed by atoms with Crippen LogP contribution < -0.4 is 5.32 Å². The maximum Gasteiger partial charge on any atom is 0.243 e. The molecule has 1 amide bonds. The van der Waals surface area contributed by atoms with E-state index in [1.165, 1.54) is 24.3 Å². The number of halogens is 4. The van der Waals surface area contributed by atoms with Crippen LogP contribution in [-0.4, -0.2) is 25.2 Å². The van der Waals surface area contributed by atoms with E-state index in [0.717, 1.165) is 4.31 Å². The number of carbonyl (C=O) groups is 1. The summed E-state index contributed by atoms with van der Waals surface area (Å²) in [5, 5.41) is 4.21. The topological polar surface area (TPSA) is 66.5 Å². The number of anilines is 1. The minimum atomic E-state index is -4.02. The highest BCUT2D eigenvalue weighted by Gasteiger charge is 2.27. The van der Waals surface area contributed by atoms with Crippen molar-refractivity contribution in [2.75, 3.05) is 11.9 Å². The normalized spacial score (nSPS) is 11.5. The van der Waals surface area contributed by atoms with Gasteiger partial charge < -0.3 is 5.32 Å². The molecule has 162 valence electrons. The third-order valence-electron chi connectivity index (χ3n) is 4.24. The third-order valence-corrected chi connectivity index (χ3v) is 7.29. The summed E-state index contributed by atoms with van der Waals surface area (Å²) in [4.78, 5) is 12.6. The molecule has 0 aliphatic carbocycles. The van der Waals surface area contributed by atoms with E-state index in [9.17, 15) is 13.2 Å². The summed E-state index contributed by atoms with van der Waals surface area (Å²) in [5.41, 5.74) is 1.07. The Balaban J connectivity index is 1.88. The molecule has 0 aromatic heterocycles. The van der Waals surface area contributed by atoms with Crippen LogP contribution in [0.5, 0.6) is 0 Å². The first kappa shape index (κ1) is 23.9. The van der Waals surface area contributed by atoms with E-state index in [-0.39, 0.29) is 16.5 Å². The van der Waals surface area contributed by atoms with Crippen LogP contribution in [0.2, 0.25) is 20.1 Å². The number of carbonyl (C=O) groups excluding carboxylic acids is 1. The van der Waals surface area contributed by atoms with Crippen molar-refractivity contribution >= 4 is 68.0 Å². The van der Waals surface area contributed by atoms with Crippen LogP contribution in [-0.2, 0) is 21.4 Å². The van der Waals surface area contributed by atoms with E-state index in [4.69, 9.17) is 46.4 Å². The van der Waals surface area contributed by atoms with Gasteiger partial charge in [0.25, 0.3) is 0 Å². The Labute approximate surface area is 200 Å². The number of hydrogen-bond acceptors (Lipinski definition) is 3. The molecule has 31 heavy (non-hydrogen) atoms. The largest absolute Gasteiger partial charge is 0.325 e. The van der Waals surface area contributed by atoms with Crippen molar-refractivity contribution < 1.29 is 13.2 Å². The van der Waals surface area contributed by atoms with Gasteiger partial charge in [0.2, 0.25) is 15.9 Å². The van der Waals surface area contributed by atoms with Crippen LogP contribution in [0, 0.1) is 0 Å². The lowest BCUT2D eigenvalue weighted by Crippen LogP contribution is -2.37. The highest BCUT2D eigenvalue weighted by atomic mass is 35.5. The smallest absolute Gasteiger partial charge is 0.243 e. The van der Waals surface area contributed by atoms with Crippen molar-refractivity contribution in [1.82, 2.24) is 4.31 Å². The molecular formula is C21H16Cl4N2O3S. The molecule has 0 aliphatic rings. The molecule has 1 N–H and O–H groups in total. The van der Waals surface area contributed by atoms with Crippen molar-refractivity contribution in [2.45, 2.75) is 11.4 Å². The molecule has 0 atom stereocenters. The monoisotopic (exact) mass is 516 g/mol. The number of rotatable bonds is 7. The van der Waals surface area contributed by atoms with Gasteiger partial charge in [-0.05, 0) is 66.2 Å². The van der Waals surface area contributed by atoms with E-state index < -0.39 is 22.5 Å². The average Bonchev–Trinajstić information content (AvgIpc) is 2.72. The molecule has 0 spiro atoms. The van der Waals surface area contributed by atoms with E-state index in [1.54, 1.807) is 42.5 Å². The SMILES string of the molecule is O=C(CN(Cc1ccc(Cl)c(Cl)c1)S(=O)(=O)c1ccc(Cl)cc1)Nc1ccc(Cl)cc1. The number of nitrogens with zero attached hydrogens (tertiary/aromatic N) is 1. The Bertz CT molecular complexity index is 1180. The van der Waals surface area contributed by atoms with Crippen LogP contribution in [0.3, 0.4) is 0 Å². The second-order valence-corrected chi connectivity index (χ2v) is 10.2. The van der Waals surface area contributed by atoms with E-state index in [0.29, 0.717) is 26.3 Å². The van der Waals surface area contributed by atoms with Gasteiger partial charge in [-0.1, -0.05) is 52.5 Å². The lowest BCUT2D eigenvalue weighted by molar-refractivity contribution is -0.116. The Morgan fingerprint density at radius 1 is 0.806 bits per heavy atom. The first-order valence-electron chi connectivity index (χ1n) is 8.90. The summed E-state index contributed by atoms with van der Waals surface area (Å²) in [6, 6.07) is 17.0. The van der Waals surface area contributed by atoms with Gasteiger partial charge in [-0.25, -0.2) is 8.42 Å². The van der Waals surface area contributed by atoms with Crippen molar-refractivity contribution in [3.05, 3.63) is 92.4 Å². The fourth-order valence-corrected chi connectivity index (χ4v) is 4.67. The Kier molecular flexibility index (Phi) is 7.86. The molecular weight excluding hydrogens is 502 g/mol. The van der Waals surface area contributed by atoms with E-state index in [2.05, 4.69) is 5.32 Å². The van der Waals surface area contributed by atoms with Gasteiger partial charge in [0.05, 0.1) is 21.5 Å². The summed E-state index contributed by atoms with van der Waals surface area (Å²) in [6.45, 7) is -0.510. The van der Waals surface area contributed by atoms with Gasteiger partial charge >= 0.3 is 0 Å². The van der Waals surface area contributed by atoms with E-state index in [1.807, 2.05) is 0 Å². The van der Waals surface area contributed by atoms with Crippen molar-refractivity contribution in [3.63, 3.8) is 0 Å². The standard InChI is InChI=1S/C21H16Cl4N2O3S/c22-15-2-6-17(7-3-15)26-21(28)13-27(12-14-1-10-19(24)20(25)11-14)31(29,30)18-8-4-16(23)5-9-18/h1-11H,12-13H2,(H,26,28). The zero-order chi connectivity index (χ0) is 22.6. The molecule has 0 aliphatic heterocycles. The van der Waals surface area contributed by atoms with Crippen LogP contribution >= 0.6 is 46.4 Å². The number of sulfonamides is 1. The number of amides is 1. The van der Waals surface area contributed by atoms with Gasteiger partial charge in [0.1, 0.15) is 0 Å². The van der Waals surface area contributed by atoms with Crippen molar-refractivity contribution in [1.29, 1.82) is 0 Å². The quantitative estimate of drug-likeness (QED) is 0.410. The molecule has 0 radical (unpaired) electrons. The Hall–Kier alpha value is -1.80. The maximum absolute atomic E-state index is 13.3. The molecule has 0 saturated heterocycles. The first-order chi connectivity index (χ1) is 14.6. The van der Waals surface area contributed by atoms with Crippen molar-refractivity contribution in [3.8, 4) is 0 Å². The average molecular weight is 518 g/mol. The van der Waals surface area contributed by atoms with Gasteiger partial charge in [-0.15, -0.1) is 0 Å². The van der Waals surface area contributed by atoms with Crippen LogP contribution in [0.25, 0.3) is 0 Å². The molecule has 0 unspecified atom stereocenters. The highest BCUT2D eigenvalue weighted by molar-refractivity contribution is 7.89. The Morgan fingerprint density at radius 3 is 1.97 bits per heavy atom. The molecule has 3 aromatic carbocycles. The maximum atomic E-state index is 13.3. The predicted octanol–water partition coefficient (Wildman–Crippen LogP) is 6.13. The Morgan fingerprint density at radius 2 is 1.39 bits per heavy atom. The summed E-state index contributed by atoms with van der Waals surface area (Å²) >= 11 is 23.8. The molecule has 10 heteroatoms. The van der Waals surface area contributed by atoms with Crippen LogP contribution in [0.1, 0.15) is 5.56 Å². The minimum Gasteiger partial charge on any atom is -0.325 e. The van der Waals surface area contributed by atoms with Crippen LogP contribution in [0.4, 0.5) is 5.69 Å². The van der Waals surface area contributed by atoms with Gasteiger partial charge in [-0.2, -0.15) is 4.31 Å². The summed E-state index contributed by atoms with van der Waals surface area (Å²) < 4.78 is 27.6. The second-order valence-electron chi connectivity index (χ2n) is 6.53. The van der Waals surface area contributed by atoms with E-state index >= 15 is 0 Å². The molecule has 0 saturated carbocycles. The zero-order valence-electron chi connectivity index (χ0n) is 15.9. The molecule has 0 heterocycles. The minimum absolute atomic E-state index is 0.0104. The molecule has 3 aromatic rings. The number of hydrogen-bond donors (Lipinski definition) is 1. The predicted molar refractivity (Wildman–Crippen MR) is 126 cm³/mol. The van der Waals surface area contributed by atoms with Gasteiger partial charge in [0, 0.05) is 22.3 Å². The summed E-state index contributed by atoms with van der Waals surface area (Å²) in [7, 11) is -4.02. The lowest BCUT2D eigenvalue weighted by atomic mass is 10.2. The third kappa shape index (κ3) is 6.35. The van der Waals surface area contributed by atoms with Gasteiger partial charge in [0.15, 0.2) is 0 Å². The molecule has 5 nitrogen and oxygen atoms in total. The first-order valence-corrected chi connectivity index (χ1v) is 11.9.